The van der Waals surface area contributed by atoms with Gasteiger partial charge < -0.3 is 20.8 Å². The van der Waals surface area contributed by atoms with Gasteiger partial charge in [-0.05, 0) is 49.6 Å². The van der Waals surface area contributed by atoms with Crippen LogP contribution in [0.2, 0.25) is 5.02 Å². The van der Waals surface area contributed by atoms with E-state index < -0.39 is 5.91 Å². The third kappa shape index (κ3) is 3.77. The highest BCUT2D eigenvalue weighted by atomic mass is 35.5. The van der Waals surface area contributed by atoms with Crippen molar-refractivity contribution in [1.82, 2.24) is 0 Å². The van der Waals surface area contributed by atoms with E-state index in [1.54, 1.807) is 30.3 Å². The molecule has 0 spiro atoms. The molecule has 2 amide bonds. The minimum atomic E-state index is -0.390. The van der Waals surface area contributed by atoms with E-state index in [-0.39, 0.29) is 23.6 Å². The van der Waals surface area contributed by atoms with Gasteiger partial charge in [-0.3, -0.25) is 9.59 Å². The summed E-state index contributed by atoms with van der Waals surface area (Å²) in [5.41, 5.74) is 6.87. The minimum Gasteiger partial charge on any atom is -0.459 e. The summed E-state index contributed by atoms with van der Waals surface area (Å²) in [5, 5.41) is 5.83. The monoisotopic (exact) mass is 347 g/mol. The average molecular weight is 348 g/mol. The molecule has 0 aliphatic heterocycles. The second-order valence-corrected chi connectivity index (χ2v) is 6.29. The SMILES string of the molecule is NC1CCC(C(=O)Nc2ccc(NC(=O)c3ccco3)c(Cl)c2)C1. The number of nitrogens with one attached hydrogen (secondary N) is 2. The summed E-state index contributed by atoms with van der Waals surface area (Å²) >= 11 is 6.18. The van der Waals surface area contributed by atoms with E-state index in [4.69, 9.17) is 21.8 Å². The number of hydrogen-bond donors (Lipinski definition) is 3. The van der Waals surface area contributed by atoms with Crippen LogP contribution in [0.15, 0.2) is 41.0 Å². The topological polar surface area (TPSA) is 97.4 Å². The van der Waals surface area contributed by atoms with Crippen LogP contribution in [0.3, 0.4) is 0 Å². The average Bonchev–Trinajstić information content (AvgIpc) is 3.21. The molecule has 1 aliphatic rings. The van der Waals surface area contributed by atoms with Crippen LogP contribution >= 0.6 is 11.6 Å². The van der Waals surface area contributed by atoms with Crippen LogP contribution < -0.4 is 16.4 Å². The lowest BCUT2D eigenvalue weighted by Crippen LogP contribution is -2.23. The summed E-state index contributed by atoms with van der Waals surface area (Å²) in [6.07, 6.45) is 3.80. The Morgan fingerprint density at radius 2 is 2.04 bits per heavy atom. The number of carbonyl (C=O) groups is 2. The molecule has 6 nitrogen and oxygen atoms in total. The first-order valence-electron chi connectivity index (χ1n) is 7.74. The summed E-state index contributed by atoms with van der Waals surface area (Å²) < 4.78 is 5.03. The highest BCUT2D eigenvalue weighted by Crippen LogP contribution is 2.28. The molecule has 2 aromatic rings. The molecule has 0 bridgehead atoms. The highest BCUT2D eigenvalue weighted by molar-refractivity contribution is 6.34. The van der Waals surface area contributed by atoms with Crippen molar-refractivity contribution in [2.45, 2.75) is 25.3 Å². The Labute approximate surface area is 144 Å². The predicted molar refractivity (Wildman–Crippen MR) is 92.1 cm³/mol. The van der Waals surface area contributed by atoms with Crippen molar-refractivity contribution < 1.29 is 14.0 Å². The van der Waals surface area contributed by atoms with Crippen LogP contribution in [0.4, 0.5) is 11.4 Å². The zero-order valence-corrected chi connectivity index (χ0v) is 13.7. The first-order valence-corrected chi connectivity index (χ1v) is 8.11. The number of amides is 2. The van der Waals surface area contributed by atoms with Gasteiger partial charge in [0.2, 0.25) is 5.91 Å². The Kier molecular flexibility index (Phi) is 4.87. The number of halogens is 1. The second-order valence-electron chi connectivity index (χ2n) is 5.89. The Hall–Kier alpha value is -2.31. The van der Waals surface area contributed by atoms with Crippen molar-refractivity contribution in [2.24, 2.45) is 11.7 Å². The van der Waals surface area contributed by atoms with Crippen molar-refractivity contribution in [3.63, 3.8) is 0 Å². The van der Waals surface area contributed by atoms with Gasteiger partial charge in [0.15, 0.2) is 5.76 Å². The molecule has 0 saturated heterocycles. The smallest absolute Gasteiger partial charge is 0.291 e. The first-order chi connectivity index (χ1) is 11.5. The Morgan fingerprint density at radius 1 is 1.21 bits per heavy atom. The van der Waals surface area contributed by atoms with Crippen LogP contribution in [-0.2, 0) is 4.79 Å². The van der Waals surface area contributed by atoms with Gasteiger partial charge in [0.1, 0.15) is 0 Å². The maximum Gasteiger partial charge on any atom is 0.291 e. The van der Waals surface area contributed by atoms with Gasteiger partial charge in [0.25, 0.3) is 5.91 Å². The van der Waals surface area contributed by atoms with E-state index in [0.29, 0.717) is 22.8 Å². The van der Waals surface area contributed by atoms with E-state index in [1.807, 2.05) is 0 Å². The number of furan rings is 1. The minimum absolute atomic E-state index is 0.0496. The zero-order chi connectivity index (χ0) is 17.1. The summed E-state index contributed by atoms with van der Waals surface area (Å²) in [6, 6.07) is 8.22. The molecule has 3 rings (SSSR count). The van der Waals surface area contributed by atoms with Crippen molar-refractivity contribution >= 4 is 34.8 Å². The standard InChI is InChI=1S/C17H18ClN3O3/c18-13-9-12(20-16(22)10-3-4-11(19)8-10)5-6-14(13)21-17(23)15-2-1-7-24-15/h1-2,5-7,9-11H,3-4,8,19H2,(H,20,22)(H,21,23). The van der Waals surface area contributed by atoms with E-state index in [0.717, 1.165) is 12.8 Å². The summed E-state index contributed by atoms with van der Waals surface area (Å²) in [4.78, 5) is 24.1. The Bertz CT molecular complexity index is 746. The molecule has 1 saturated carbocycles. The van der Waals surface area contributed by atoms with Crippen LogP contribution in [0, 0.1) is 5.92 Å². The zero-order valence-electron chi connectivity index (χ0n) is 12.9. The molecule has 126 valence electrons. The van der Waals surface area contributed by atoms with Crippen LogP contribution in [-0.4, -0.2) is 17.9 Å². The van der Waals surface area contributed by atoms with Gasteiger partial charge in [-0.1, -0.05) is 11.6 Å². The fourth-order valence-corrected chi connectivity index (χ4v) is 3.01. The summed E-state index contributed by atoms with van der Waals surface area (Å²) in [7, 11) is 0. The van der Waals surface area contributed by atoms with Crippen molar-refractivity contribution in [2.75, 3.05) is 10.6 Å². The van der Waals surface area contributed by atoms with Crippen molar-refractivity contribution in [3.05, 3.63) is 47.4 Å². The Morgan fingerprint density at radius 3 is 2.67 bits per heavy atom. The number of hydrogen-bond acceptors (Lipinski definition) is 4. The molecule has 7 heteroatoms. The number of carbonyl (C=O) groups excluding carboxylic acids is 2. The van der Waals surface area contributed by atoms with Gasteiger partial charge in [-0.2, -0.15) is 0 Å². The summed E-state index contributed by atoms with van der Waals surface area (Å²) in [5.74, 6) is -0.303. The second kappa shape index (κ2) is 7.07. The molecule has 4 N–H and O–H groups in total. The van der Waals surface area contributed by atoms with Crippen LogP contribution in [0.25, 0.3) is 0 Å². The van der Waals surface area contributed by atoms with E-state index in [2.05, 4.69) is 10.6 Å². The summed E-state index contributed by atoms with van der Waals surface area (Å²) in [6.45, 7) is 0. The quantitative estimate of drug-likeness (QED) is 0.790. The fourth-order valence-electron chi connectivity index (χ4n) is 2.78. The lowest BCUT2D eigenvalue weighted by Gasteiger charge is -2.12. The van der Waals surface area contributed by atoms with Gasteiger partial charge in [0.05, 0.1) is 17.0 Å². The molecule has 0 radical (unpaired) electrons. The van der Waals surface area contributed by atoms with Gasteiger partial charge in [0, 0.05) is 17.6 Å². The number of benzene rings is 1. The van der Waals surface area contributed by atoms with Crippen molar-refractivity contribution in [3.8, 4) is 0 Å². The van der Waals surface area contributed by atoms with Crippen LogP contribution in [0.1, 0.15) is 29.8 Å². The normalized spacial score (nSPS) is 19.9. The molecule has 2 atom stereocenters. The molecule has 2 unspecified atom stereocenters. The molecule has 1 aromatic carbocycles. The fraction of sp³-hybridized carbons (Fsp3) is 0.294. The van der Waals surface area contributed by atoms with Gasteiger partial charge in [-0.15, -0.1) is 0 Å². The molecule has 24 heavy (non-hydrogen) atoms. The number of anilines is 2. The third-order valence-electron chi connectivity index (χ3n) is 4.07. The molecular formula is C17H18ClN3O3. The van der Waals surface area contributed by atoms with E-state index in [1.165, 1.54) is 6.26 Å². The number of nitrogens with two attached hydrogens (primary N) is 1. The number of rotatable bonds is 4. The predicted octanol–water partition coefficient (Wildman–Crippen LogP) is 3.25. The third-order valence-corrected chi connectivity index (χ3v) is 4.39. The van der Waals surface area contributed by atoms with Gasteiger partial charge in [-0.25, -0.2) is 0 Å². The lowest BCUT2D eigenvalue weighted by atomic mass is 10.1. The van der Waals surface area contributed by atoms with Gasteiger partial charge >= 0.3 is 0 Å². The molecule has 1 heterocycles. The lowest BCUT2D eigenvalue weighted by molar-refractivity contribution is -0.119. The molecular weight excluding hydrogens is 330 g/mol. The molecule has 1 fully saturated rings. The maximum atomic E-state index is 12.2. The van der Waals surface area contributed by atoms with Crippen molar-refractivity contribution in [1.29, 1.82) is 0 Å². The van der Waals surface area contributed by atoms with E-state index in [9.17, 15) is 9.59 Å². The Balaban J connectivity index is 1.64. The molecule has 1 aromatic heterocycles. The van der Waals surface area contributed by atoms with Crippen LogP contribution in [0.5, 0.6) is 0 Å². The first kappa shape index (κ1) is 16.5. The largest absolute Gasteiger partial charge is 0.459 e. The maximum absolute atomic E-state index is 12.2. The highest BCUT2D eigenvalue weighted by Gasteiger charge is 2.27. The van der Waals surface area contributed by atoms with E-state index >= 15 is 0 Å². The molecule has 1 aliphatic carbocycles.